The first-order valence-corrected chi connectivity index (χ1v) is 4.18. The van der Waals surface area contributed by atoms with Crippen molar-refractivity contribution in [1.82, 2.24) is 5.32 Å². The molecule has 0 radical (unpaired) electrons. The van der Waals surface area contributed by atoms with Crippen LogP contribution >= 0.6 is 0 Å². The molecule has 2 heteroatoms. The predicted molar refractivity (Wildman–Crippen MR) is 51.6 cm³/mol. The zero-order valence-corrected chi connectivity index (χ0v) is 8.27. The second-order valence-corrected chi connectivity index (χ2v) is 2.90. The number of allylic oxidation sites excluding steroid dienone is 4. The van der Waals surface area contributed by atoms with Crippen molar-refractivity contribution in [2.24, 2.45) is 0 Å². The highest BCUT2D eigenvalue weighted by atomic mass is 16.1. The molecule has 12 heavy (non-hydrogen) atoms. The molecule has 1 N–H and O–H groups in total. The fourth-order valence-corrected chi connectivity index (χ4v) is 0.704. The minimum Gasteiger partial charge on any atom is -0.330 e. The van der Waals surface area contributed by atoms with Crippen molar-refractivity contribution in [3.05, 3.63) is 23.4 Å². The molecular weight excluding hydrogens is 150 g/mol. The summed E-state index contributed by atoms with van der Waals surface area (Å²) < 4.78 is 0. The number of amides is 1. The summed E-state index contributed by atoms with van der Waals surface area (Å²) in [5.41, 5.74) is 2.19. The van der Waals surface area contributed by atoms with E-state index in [1.165, 1.54) is 12.5 Å². The first-order chi connectivity index (χ1) is 5.56. The molecule has 0 saturated carbocycles. The molecule has 0 spiro atoms. The molecule has 0 unspecified atom stereocenters. The molecule has 0 aromatic rings. The van der Waals surface area contributed by atoms with Gasteiger partial charge in [-0.3, -0.25) is 4.79 Å². The number of rotatable bonds is 3. The second kappa shape index (κ2) is 5.58. The Labute approximate surface area is 74.4 Å². The van der Waals surface area contributed by atoms with E-state index >= 15 is 0 Å². The summed E-state index contributed by atoms with van der Waals surface area (Å²) in [4.78, 5) is 10.6. The Morgan fingerprint density at radius 3 is 2.25 bits per heavy atom. The Morgan fingerprint density at radius 1 is 1.25 bits per heavy atom. The highest BCUT2D eigenvalue weighted by Crippen LogP contribution is 1.99. The molecule has 0 heterocycles. The lowest BCUT2D eigenvalue weighted by molar-refractivity contribution is -0.118. The third-order valence-corrected chi connectivity index (χ3v) is 1.55. The maximum absolute atomic E-state index is 10.6. The maximum Gasteiger partial charge on any atom is 0.220 e. The summed E-state index contributed by atoms with van der Waals surface area (Å²) in [5, 5.41) is 2.70. The average Bonchev–Trinajstić information content (AvgIpc) is 1.99. The van der Waals surface area contributed by atoms with Gasteiger partial charge in [0.05, 0.1) is 0 Å². The second-order valence-electron chi connectivity index (χ2n) is 2.90. The number of nitrogens with one attached hydrogen (secondary N) is 1. The molecule has 0 rings (SSSR count). The molecule has 1 amide bonds. The quantitative estimate of drug-likeness (QED) is 0.642. The molecule has 0 aliphatic rings. The number of hydrogen-bond acceptors (Lipinski definition) is 1. The minimum absolute atomic E-state index is 0.0219. The summed E-state index contributed by atoms with van der Waals surface area (Å²) in [6.45, 7) is 7.56. The molecule has 0 saturated heterocycles. The van der Waals surface area contributed by atoms with Gasteiger partial charge in [-0.25, -0.2) is 0 Å². The van der Waals surface area contributed by atoms with Crippen molar-refractivity contribution in [3.63, 3.8) is 0 Å². The predicted octanol–water partition coefficient (Wildman–Crippen LogP) is 2.38. The lowest BCUT2D eigenvalue weighted by atomic mass is 10.2. The highest BCUT2D eigenvalue weighted by Gasteiger charge is 1.89. The topological polar surface area (TPSA) is 29.1 Å². The van der Waals surface area contributed by atoms with E-state index in [4.69, 9.17) is 0 Å². The highest BCUT2D eigenvalue weighted by molar-refractivity contribution is 5.74. The van der Waals surface area contributed by atoms with E-state index in [0.717, 1.165) is 12.1 Å². The van der Waals surface area contributed by atoms with Crippen molar-refractivity contribution in [1.29, 1.82) is 0 Å². The van der Waals surface area contributed by atoms with Gasteiger partial charge in [-0.05, 0) is 26.3 Å². The van der Waals surface area contributed by atoms with Crippen molar-refractivity contribution in [3.8, 4) is 0 Å². The summed E-state index contributed by atoms with van der Waals surface area (Å²) in [5.74, 6) is -0.0219. The molecule has 0 fully saturated rings. The van der Waals surface area contributed by atoms with E-state index in [2.05, 4.69) is 19.2 Å². The van der Waals surface area contributed by atoms with Crippen LogP contribution in [0.15, 0.2) is 23.4 Å². The van der Waals surface area contributed by atoms with E-state index in [-0.39, 0.29) is 5.91 Å². The molecule has 0 aliphatic carbocycles. The first kappa shape index (κ1) is 11.0. The summed E-state index contributed by atoms with van der Waals surface area (Å²) >= 11 is 0. The first-order valence-electron chi connectivity index (χ1n) is 4.18. The molecule has 0 aromatic carbocycles. The van der Waals surface area contributed by atoms with E-state index in [9.17, 15) is 4.79 Å². The van der Waals surface area contributed by atoms with Gasteiger partial charge in [-0.2, -0.15) is 0 Å². The fourth-order valence-electron chi connectivity index (χ4n) is 0.704. The molecule has 0 atom stereocenters. The number of hydrogen-bond donors (Lipinski definition) is 1. The molecule has 0 bridgehead atoms. The van der Waals surface area contributed by atoms with Crippen LogP contribution < -0.4 is 5.32 Å². The summed E-state index contributed by atoms with van der Waals surface area (Å²) in [6.07, 6.45) is 4.98. The van der Waals surface area contributed by atoms with Crippen LogP contribution in [0.5, 0.6) is 0 Å². The minimum atomic E-state index is -0.0219. The monoisotopic (exact) mass is 167 g/mol. The Balaban J connectivity index is 4.08. The van der Waals surface area contributed by atoms with Gasteiger partial charge < -0.3 is 5.32 Å². The van der Waals surface area contributed by atoms with Crippen molar-refractivity contribution >= 4 is 5.91 Å². The van der Waals surface area contributed by atoms with Crippen LogP contribution in [-0.4, -0.2) is 5.91 Å². The van der Waals surface area contributed by atoms with Crippen LogP contribution in [0.1, 0.15) is 34.1 Å². The Bertz CT molecular complexity index is 214. The Morgan fingerprint density at radius 2 is 1.83 bits per heavy atom. The largest absolute Gasteiger partial charge is 0.330 e. The molecule has 68 valence electrons. The van der Waals surface area contributed by atoms with Crippen LogP contribution in [0, 0.1) is 0 Å². The van der Waals surface area contributed by atoms with Crippen LogP contribution in [0.2, 0.25) is 0 Å². The summed E-state index contributed by atoms with van der Waals surface area (Å²) in [6, 6.07) is 0. The standard InChI is InChI=1S/C10H17NO/c1-5-8(2)6-7-9(3)11-10(4)12/h6-7H,5H2,1-4H3,(H,11,12)/b8-6-,9-7+. The fraction of sp³-hybridized carbons (Fsp3) is 0.500. The third-order valence-electron chi connectivity index (χ3n) is 1.55. The van der Waals surface area contributed by atoms with Gasteiger partial charge >= 0.3 is 0 Å². The normalized spacial score (nSPS) is 13.0. The molecule has 0 aromatic heterocycles. The Hall–Kier alpha value is -1.05. The average molecular weight is 167 g/mol. The van der Waals surface area contributed by atoms with E-state index in [1.807, 2.05) is 19.1 Å². The van der Waals surface area contributed by atoms with E-state index < -0.39 is 0 Å². The number of carbonyl (C=O) groups is 1. The van der Waals surface area contributed by atoms with E-state index in [0.29, 0.717) is 0 Å². The zero-order chi connectivity index (χ0) is 9.56. The van der Waals surface area contributed by atoms with Crippen LogP contribution in [0.4, 0.5) is 0 Å². The number of carbonyl (C=O) groups excluding carboxylic acids is 1. The van der Waals surface area contributed by atoms with Gasteiger partial charge in [0.2, 0.25) is 5.91 Å². The van der Waals surface area contributed by atoms with E-state index in [1.54, 1.807) is 0 Å². The van der Waals surface area contributed by atoms with Crippen molar-refractivity contribution < 1.29 is 4.79 Å². The van der Waals surface area contributed by atoms with Gasteiger partial charge in [0.1, 0.15) is 0 Å². The molecular formula is C10H17NO. The van der Waals surface area contributed by atoms with Crippen molar-refractivity contribution in [2.45, 2.75) is 34.1 Å². The lowest BCUT2D eigenvalue weighted by Gasteiger charge is -1.99. The van der Waals surface area contributed by atoms with Gasteiger partial charge in [0.25, 0.3) is 0 Å². The van der Waals surface area contributed by atoms with Gasteiger partial charge in [-0.15, -0.1) is 0 Å². The van der Waals surface area contributed by atoms with Crippen LogP contribution in [-0.2, 0) is 4.79 Å². The van der Waals surface area contributed by atoms with Crippen molar-refractivity contribution in [2.75, 3.05) is 0 Å². The summed E-state index contributed by atoms with van der Waals surface area (Å²) in [7, 11) is 0. The van der Waals surface area contributed by atoms with Crippen LogP contribution in [0.3, 0.4) is 0 Å². The molecule has 0 aliphatic heterocycles. The third kappa shape index (κ3) is 5.71. The SMILES string of the molecule is CC/C(C)=C\C=C(/C)NC(C)=O. The Kier molecular flexibility index (Phi) is 5.09. The smallest absolute Gasteiger partial charge is 0.220 e. The lowest BCUT2D eigenvalue weighted by Crippen LogP contribution is -2.16. The van der Waals surface area contributed by atoms with Gasteiger partial charge in [0, 0.05) is 12.6 Å². The van der Waals surface area contributed by atoms with Gasteiger partial charge in [-0.1, -0.05) is 18.6 Å². The maximum atomic E-state index is 10.6. The molecule has 2 nitrogen and oxygen atoms in total. The van der Waals surface area contributed by atoms with Crippen LogP contribution in [0.25, 0.3) is 0 Å². The zero-order valence-electron chi connectivity index (χ0n) is 8.27. The van der Waals surface area contributed by atoms with Gasteiger partial charge in [0.15, 0.2) is 0 Å².